The van der Waals surface area contributed by atoms with Crippen LogP contribution in [0.3, 0.4) is 0 Å². The van der Waals surface area contributed by atoms with Crippen LogP contribution >= 0.6 is 0 Å². The van der Waals surface area contributed by atoms with Gasteiger partial charge in [0, 0.05) is 30.2 Å². The van der Waals surface area contributed by atoms with E-state index in [1.54, 1.807) is 35.4 Å². The van der Waals surface area contributed by atoms with Gasteiger partial charge in [0.15, 0.2) is 0 Å². The predicted molar refractivity (Wildman–Crippen MR) is 136 cm³/mol. The van der Waals surface area contributed by atoms with E-state index in [9.17, 15) is 9.59 Å². The van der Waals surface area contributed by atoms with Crippen molar-refractivity contribution in [3.05, 3.63) is 102 Å². The Morgan fingerprint density at radius 1 is 0.943 bits per heavy atom. The molecule has 6 heteroatoms. The number of benzene rings is 3. The zero-order chi connectivity index (χ0) is 24.2. The Kier molecular flexibility index (Phi) is 6.35. The van der Waals surface area contributed by atoms with E-state index in [0.717, 1.165) is 41.8 Å². The first kappa shape index (κ1) is 22.5. The standard InChI is InChI=1S/C29H26N2O4/c1-34-27-19-21(29(33)31-17-8-7-13-26-25(31)16-18-35-26)14-15-24(27)30-28(32)23-12-6-5-11-22(23)20-9-3-2-4-10-20/h2-6,9-12,14-16,18-19H,7-8,13,17H2,1H3,(H,30,32). The number of carbonyl (C=O) groups excluding carboxylic acids is 2. The molecule has 176 valence electrons. The maximum atomic E-state index is 13.4. The summed E-state index contributed by atoms with van der Waals surface area (Å²) in [6.07, 6.45) is 4.33. The molecule has 1 aliphatic heterocycles. The lowest BCUT2D eigenvalue weighted by atomic mass is 9.99. The predicted octanol–water partition coefficient (Wildman–Crippen LogP) is 6.19. The molecule has 0 atom stereocenters. The van der Waals surface area contributed by atoms with Crippen molar-refractivity contribution in [2.75, 3.05) is 23.9 Å². The van der Waals surface area contributed by atoms with Crippen molar-refractivity contribution < 1.29 is 18.7 Å². The Morgan fingerprint density at radius 3 is 2.57 bits per heavy atom. The summed E-state index contributed by atoms with van der Waals surface area (Å²) in [6.45, 7) is 0.627. The Labute approximate surface area is 204 Å². The highest BCUT2D eigenvalue weighted by Crippen LogP contribution is 2.32. The largest absolute Gasteiger partial charge is 0.495 e. The fraction of sp³-hybridized carbons (Fsp3) is 0.172. The minimum Gasteiger partial charge on any atom is -0.495 e. The van der Waals surface area contributed by atoms with Crippen LogP contribution < -0.4 is 15.0 Å². The third-order valence-electron chi connectivity index (χ3n) is 6.25. The molecular formula is C29H26N2O4. The number of carbonyl (C=O) groups is 2. The van der Waals surface area contributed by atoms with Crippen molar-refractivity contribution in [3.63, 3.8) is 0 Å². The van der Waals surface area contributed by atoms with E-state index in [1.807, 2.05) is 54.6 Å². The fourth-order valence-electron chi connectivity index (χ4n) is 4.47. The minimum absolute atomic E-state index is 0.125. The number of rotatable bonds is 5. The Morgan fingerprint density at radius 2 is 1.74 bits per heavy atom. The van der Waals surface area contributed by atoms with E-state index in [4.69, 9.17) is 9.15 Å². The van der Waals surface area contributed by atoms with Gasteiger partial charge < -0.3 is 19.4 Å². The van der Waals surface area contributed by atoms with Crippen LogP contribution in [0.4, 0.5) is 11.4 Å². The molecule has 0 saturated heterocycles. The molecule has 0 radical (unpaired) electrons. The van der Waals surface area contributed by atoms with Gasteiger partial charge in [-0.05, 0) is 48.2 Å². The van der Waals surface area contributed by atoms with Crippen LogP contribution in [0, 0.1) is 0 Å². The van der Waals surface area contributed by atoms with Crippen molar-refractivity contribution in [1.82, 2.24) is 0 Å². The highest BCUT2D eigenvalue weighted by molar-refractivity contribution is 6.10. The van der Waals surface area contributed by atoms with E-state index in [1.165, 1.54) is 7.11 Å². The number of nitrogens with zero attached hydrogens (tertiary/aromatic N) is 1. The monoisotopic (exact) mass is 466 g/mol. The highest BCUT2D eigenvalue weighted by Gasteiger charge is 2.25. The van der Waals surface area contributed by atoms with Crippen LogP contribution in [0.1, 0.15) is 39.3 Å². The average molecular weight is 467 g/mol. The fourth-order valence-corrected chi connectivity index (χ4v) is 4.47. The molecule has 2 heterocycles. The van der Waals surface area contributed by atoms with Crippen LogP contribution in [-0.2, 0) is 6.42 Å². The number of amides is 2. The van der Waals surface area contributed by atoms with Crippen molar-refractivity contribution in [1.29, 1.82) is 0 Å². The molecule has 0 saturated carbocycles. The lowest BCUT2D eigenvalue weighted by Crippen LogP contribution is -2.31. The summed E-state index contributed by atoms with van der Waals surface area (Å²) in [5, 5.41) is 2.95. The molecule has 6 nitrogen and oxygen atoms in total. The van der Waals surface area contributed by atoms with Crippen molar-refractivity contribution in [2.24, 2.45) is 0 Å². The first-order chi connectivity index (χ1) is 17.2. The third-order valence-corrected chi connectivity index (χ3v) is 6.25. The quantitative estimate of drug-likeness (QED) is 0.381. The summed E-state index contributed by atoms with van der Waals surface area (Å²) < 4.78 is 11.1. The number of methoxy groups -OCH3 is 1. The highest BCUT2D eigenvalue weighted by atomic mass is 16.5. The second-order valence-corrected chi connectivity index (χ2v) is 8.42. The van der Waals surface area contributed by atoms with Gasteiger partial charge in [-0.1, -0.05) is 48.5 Å². The molecule has 5 rings (SSSR count). The average Bonchev–Trinajstić information content (AvgIpc) is 3.28. The maximum Gasteiger partial charge on any atom is 0.258 e. The first-order valence-electron chi connectivity index (χ1n) is 11.7. The number of hydrogen-bond donors (Lipinski definition) is 1. The molecule has 0 fully saturated rings. The summed E-state index contributed by atoms with van der Waals surface area (Å²) >= 11 is 0. The molecule has 1 aliphatic rings. The number of furan rings is 1. The number of hydrogen-bond acceptors (Lipinski definition) is 4. The molecule has 3 aromatic carbocycles. The number of ether oxygens (including phenoxy) is 1. The van der Waals surface area contributed by atoms with Crippen LogP contribution in [-0.4, -0.2) is 25.5 Å². The number of nitrogens with one attached hydrogen (secondary N) is 1. The molecule has 1 N–H and O–H groups in total. The number of anilines is 2. The summed E-state index contributed by atoms with van der Waals surface area (Å²) in [4.78, 5) is 28.4. The van der Waals surface area contributed by atoms with Gasteiger partial charge in [-0.15, -0.1) is 0 Å². The van der Waals surface area contributed by atoms with E-state index < -0.39 is 0 Å². The van der Waals surface area contributed by atoms with Crippen LogP contribution in [0.15, 0.2) is 89.5 Å². The first-order valence-corrected chi connectivity index (χ1v) is 11.7. The van der Waals surface area contributed by atoms with Crippen LogP contribution in [0.25, 0.3) is 11.1 Å². The third kappa shape index (κ3) is 4.55. The minimum atomic E-state index is -0.252. The summed E-state index contributed by atoms with van der Waals surface area (Å²) in [7, 11) is 1.53. The van der Waals surface area contributed by atoms with Crippen LogP contribution in [0.2, 0.25) is 0 Å². The SMILES string of the molecule is COc1cc(C(=O)N2CCCCc3occc32)ccc1NC(=O)c1ccccc1-c1ccccc1. The lowest BCUT2D eigenvalue weighted by Gasteiger charge is -2.21. The molecule has 2 amide bonds. The molecule has 35 heavy (non-hydrogen) atoms. The van der Waals surface area contributed by atoms with E-state index in [-0.39, 0.29) is 11.8 Å². The summed E-state index contributed by atoms with van der Waals surface area (Å²) in [5.74, 6) is 0.880. The normalized spacial score (nSPS) is 13.0. The van der Waals surface area contributed by atoms with Gasteiger partial charge >= 0.3 is 0 Å². The van der Waals surface area contributed by atoms with Gasteiger partial charge in [-0.2, -0.15) is 0 Å². The molecule has 0 aliphatic carbocycles. The molecule has 4 aromatic rings. The zero-order valence-corrected chi connectivity index (χ0v) is 19.5. The molecular weight excluding hydrogens is 440 g/mol. The Bertz CT molecular complexity index is 1360. The summed E-state index contributed by atoms with van der Waals surface area (Å²) in [6, 6.07) is 24.2. The lowest BCUT2D eigenvalue weighted by molar-refractivity contribution is 0.0985. The van der Waals surface area contributed by atoms with Gasteiger partial charge in [-0.25, -0.2) is 0 Å². The van der Waals surface area contributed by atoms with Gasteiger partial charge in [0.2, 0.25) is 0 Å². The van der Waals surface area contributed by atoms with Crippen molar-refractivity contribution in [2.45, 2.75) is 19.3 Å². The number of aryl methyl sites for hydroxylation is 1. The molecule has 0 unspecified atom stereocenters. The van der Waals surface area contributed by atoms with E-state index in [2.05, 4.69) is 5.32 Å². The van der Waals surface area contributed by atoms with Crippen LogP contribution in [0.5, 0.6) is 5.75 Å². The van der Waals surface area contributed by atoms with Gasteiger partial charge in [0.25, 0.3) is 11.8 Å². The number of fused-ring (bicyclic) bond motifs is 1. The second kappa shape index (κ2) is 9.89. The molecule has 0 spiro atoms. The second-order valence-electron chi connectivity index (χ2n) is 8.42. The zero-order valence-electron chi connectivity index (χ0n) is 19.5. The molecule has 0 bridgehead atoms. The summed E-state index contributed by atoms with van der Waals surface area (Å²) in [5.41, 5.74) is 4.16. The Balaban J connectivity index is 1.41. The Hall–Kier alpha value is -4.32. The topological polar surface area (TPSA) is 71.8 Å². The van der Waals surface area contributed by atoms with Gasteiger partial charge in [0.05, 0.1) is 24.7 Å². The maximum absolute atomic E-state index is 13.4. The van der Waals surface area contributed by atoms with E-state index in [0.29, 0.717) is 29.1 Å². The van der Waals surface area contributed by atoms with Gasteiger partial charge in [-0.3, -0.25) is 9.59 Å². The van der Waals surface area contributed by atoms with E-state index >= 15 is 0 Å². The van der Waals surface area contributed by atoms with Gasteiger partial charge in [0.1, 0.15) is 11.5 Å². The molecule has 1 aromatic heterocycles. The van der Waals surface area contributed by atoms with Crippen molar-refractivity contribution >= 4 is 23.2 Å². The van der Waals surface area contributed by atoms with Crippen molar-refractivity contribution in [3.8, 4) is 16.9 Å². The smallest absolute Gasteiger partial charge is 0.258 e.